The van der Waals surface area contributed by atoms with E-state index < -0.39 is 5.97 Å². The van der Waals surface area contributed by atoms with Gasteiger partial charge in [-0.15, -0.1) is 0 Å². The highest BCUT2D eigenvalue weighted by Gasteiger charge is 2.00. The first-order valence-corrected chi connectivity index (χ1v) is 6.08. The van der Waals surface area contributed by atoms with Crippen LogP contribution < -0.4 is 5.32 Å². The Morgan fingerprint density at radius 3 is 3.00 bits per heavy atom. The molecule has 0 unspecified atom stereocenters. The molecule has 2 N–H and O–H groups in total. The van der Waals surface area contributed by atoms with E-state index in [0.29, 0.717) is 13.1 Å². The molecule has 0 saturated heterocycles. The van der Waals surface area contributed by atoms with Gasteiger partial charge in [0.15, 0.2) is 0 Å². The highest BCUT2D eigenvalue weighted by atomic mass is 16.4. The van der Waals surface area contributed by atoms with E-state index in [9.17, 15) is 4.79 Å². The van der Waals surface area contributed by atoms with Crippen LogP contribution in [-0.4, -0.2) is 22.6 Å². The second kappa shape index (κ2) is 6.66. The van der Waals surface area contributed by atoms with Gasteiger partial charge >= 0.3 is 5.97 Å². The molecule has 2 rings (SSSR count). The van der Waals surface area contributed by atoms with Crippen molar-refractivity contribution in [3.05, 3.63) is 54.4 Å². The zero-order valence-corrected chi connectivity index (χ0v) is 10.5. The summed E-state index contributed by atoms with van der Waals surface area (Å²) >= 11 is 0. The second-order valence-electron chi connectivity index (χ2n) is 4.19. The number of carboxylic acid groups (broad SMARTS) is 1. The summed E-state index contributed by atoms with van der Waals surface area (Å²) in [5, 5.41) is 11.7. The number of carbonyl (C=O) groups is 1. The summed E-state index contributed by atoms with van der Waals surface area (Å²) < 4.78 is 0. The molecule has 4 heteroatoms. The number of pyridine rings is 1. The molecule has 1 heterocycles. The van der Waals surface area contributed by atoms with E-state index in [2.05, 4.69) is 22.4 Å². The van der Waals surface area contributed by atoms with Crippen LogP contribution in [0.5, 0.6) is 0 Å². The van der Waals surface area contributed by atoms with Gasteiger partial charge in [-0.1, -0.05) is 18.2 Å². The van der Waals surface area contributed by atoms with Crippen LogP contribution in [-0.2, 0) is 11.3 Å². The van der Waals surface area contributed by atoms with Crippen LogP contribution in [0.2, 0.25) is 0 Å². The van der Waals surface area contributed by atoms with Crippen molar-refractivity contribution in [1.29, 1.82) is 0 Å². The SMILES string of the molecule is O=C(O)CCNCc1cccc(-c2c[c]cnc2)c1. The van der Waals surface area contributed by atoms with Gasteiger partial charge in [0.1, 0.15) is 0 Å². The number of carboxylic acids is 1. The lowest BCUT2D eigenvalue weighted by molar-refractivity contribution is -0.136. The van der Waals surface area contributed by atoms with Crippen molar-refractivity contribution in [2.24, 2.45) is 0 Å². The second-order valence-corrected chi connectivity index (χ2v) is 4.19. The molecule has 0 aliphatic rings. The van der Waals surface area contributed by atoms with E-state index in [4.69, 9.17) is 5.11 Å². The highest BCUT2D eigenvalue weighted by molar-refractivity contribution is 5.66. The van der Waals surface area contributed by atoms with Crippen molar-refractivity contribution in [2.75, 3.05) is 6.54 Å². The summed E-state index contributed by atoms with van der Waals surface area (Å²) in [7, 11) is 0. The number of benzene rings is 1. The van der Waals surface area contributed by atoms with Gasteiger partial charge in [0.05, 0.1) is 6.42 Å². The van der Waals surface area contributed by atoms with Gasteiger partial charge in [0, 0.05) is 37.1 Å². The first kappa shape index (κ1) is 13.2. The minimum absolute atomic E-state index is 0.136. The van der Waals surface area contributed by atoms with E-state index in [1.165, 1.54) is 0 Å². The summed E-state index contributed by atoms with van der Waals surface area (Å²) in [5.41, 5.74) is 3.23. The molecular weight excluding hydrogens is 240 g/mol. The van der Waals surface area contributed by atoms with Crippen LogP contribution in [0, 0.1) is 6.07 Å². The fraction of sp³-hybridized carbons (Fsp3) is 0.200. The first-order valence-electron chi connectivity index (χ1n) is 6.08. The van der Waals surface area contributed by atoms with Gasteiger partial charge < -0.3 is 10.4 Å². The lowest BCUT2D eigenvalue weighted by Gasteiger charge is -2.06. The first-order chi connectivity index (χ1) is 9.25. The summed E-state index contributed by atoms with van der Waals surface area (Å²) in [6.45, 7) is 1.13. The number of rotatable bonds is 6. The Kier molecular flexibility index (Phi) is 4.64. The Labute approximate surface area is 112 Å². The zero-order chi connectivity index (χ0) is 13.5. The van der Waals surface area contributed by atoms with Crippen molar-refractivity contribution in [1.82, 2.24) is 10.3 Å². The molecule has 0 aliphatic heterocycles. The topological polar surface area (TPSA) is 62.2 Å². The molecule has 1 aromatic heterocycles. The van der Waals surface area contributed by atoms with Crippen LogP contribution >= 0.6 is 0 Å². The maximum atomic E-state index is 10.4. The van der Waals surface area contributed by atoms with Gasteiger partial charge in [-0.2, -0.15) is 0 Å². The lowest BCUT2D eigenvalue weighted by Crippen LogP contribution is -2.17. The maximum Gasteiger partial charge on any atom is 0.304 e. The highest BCUT2D eigenvalue weighted by Crippen LogP contribution is 2.18. The Hall–Kier alpha value is -2.20. The molecule has 0 saturated carbocycles. The average molecular weight is 255 g/mol. The van der Waals surface area contributed by atoms with Crippen LogP contribution in [0.4, 0.5) is 0 Å². The van der Waals surface area contributed by atoms with Crippen LogP contribution in [0.3, 0.4) is 0 Å². The maximum absolute atomic E-state index is 10.4. The number of nitrogens with one attached hydrogen (secondary N) is 1. The lowest BCUT2D eigenvalue weighted by atomic mass is 10.0. The molecule has 0 atom stereocenters. The quantitative estimate of drug-likeness (QED) is 0.776. The molecule has 0 aliphatic carbocycles. The zero-order valence-electron chi connectivity index (χ0n) is 10.5. The molecule has 0 amide bonds. The minimum atomic E-state index is -0.785. The Balaban J connectivity index is 1.98. The summed E-state index contributed by atoms with van der Waals surface area (Å²) in [6.07, 6.45) is 3.56. The molecule has 0 fully saturated rings. The molecule has 0 spiro atoms. The molecule has 19 heavy (non-hydrogen) atoms. The third-order valence-corrected chi connectivity index (χ3v) is 2.71. The number of nitrogens with zero attached hydrogens (tertiary/aromatic N) is 1. The predicted molar refractivity (Wildman–Crippen MR) is 72.5 cm³/mol. The summed E-state index contributed by atoms with van der Waals surface area (Å²) in [6, 6.07) is 12.9. The minimum Gasteiger partial charge on any atom is -0.481 e. The van der Waals surface area contributed by atoms with Gasteiger partial charge in [0.2, 0.25) is 0 Å². The fourth-order valence-corrected chi connectivity index (χ4v) is 1.77. The standard InChI is InChI=1S/C15H15N2O2/c18-15(19)6-8-17-10-12-3-1-4-13(9-12)14-5-2-7-16-11-14/h1,3-5,7,9,11,17H,6,8,10H2,(H,18,19). The molecule has 4 nitrogen and oxygen atoms in total. The largest absolute Gasteiger partial charge is 0.481 e. The van der Waals surface area contributed by atoms with E-state index in [0.717, 1.165) is 16.7 Å². The summed E-state index contributed by atoms with van der Waals surface area (Å²) in [5.74, 6) is -0.785. The normalized spacial score (nSPS) is 10.3. The van der Waals surface area contributed by atoms with Crippen molar-refractivity contribution < 1.29 is 9.90 Å². The molecule has 1 aromatic carbocycles. The fourth-order valence-electron chi connectivity index (χ4n) is 1.77. The summed E-state index contributed by atoms with van der Waals surface area (Å²) in [4.78, 5) is 14.4. The Morgan fingerprint density at radius 2 is 2.26 bits per heavy atom. The predicted octanol–water partition coefficient (Wildman–Crippen LogP) is 2.11. The molecular formula is C15H15N2O2. The number of hydrogen-bond donors (Lipinski definition) is 2. The van der Waals surface area contributed by atoms with Gasteiger partial charge in [0.25, 0.3) is 0 Å². The van der Waals surface area contributed by atoms with Crippen molar-refractivity contribution >= 4 is 5.97 Å². The van der Waals surface area contributed by atoms with Crippen LogP contribution in [0.1, 0.15) is 12.0 Å². The van der Waals surface area contributed by atoms with Crippen molar-refractivity contribution in [3.8, 4) is 11.1 Å². The van der Waals surface area contributed by atoms with Gasteiger partial charge in [-0.3, -0.25) is 9.78 Å². The van der Waals surface area contributed by atoms with Crippen LogP contribution in [0.15, 0.2) is 42.7 Å². The smallest absolute Gasteiger partial charge is 0.304 e. The number of hydrogen-bond acceptors (Lipinski definition) is 3. The monoisotopic (exact) mass is 255 g/mol. The Morgan fingerprint density at radius 1 is 1.37 bits per heavy atom. The van der Waals surface area contributed by atoms with Crippen molar-refractivity contribution in [2.45, 2.75) is 13.0 Å². The molecule has 2 aromatic rings. The van der Waals surface area contributed by atoms with E-state index >= 15 is 0 Å². The molecule has 0 bridgehead atoms. The van der Waals surface area contributed by atoms with Gasteiger partial charge in [-0.25, -0.2) is 0 Å². The van der Waals surface area contributed by atoms with E-state index in [1.54, 1.807) is 12.4 Å². The third kappa shape index (κ3) is 4.19. The molecule has 1 radical (unpaired) electrons. The van der Waals surface area contributed by atoms with E-state index in [1.807, 2.05) is 24.3 Å². The third-order valence-electron chi connectivity index (χ3n) is 2.71. The van der Waals surface area contributed by atoms with Crippen LogP contribution in [0.25, 0.3) is 11.1 Å². The van der Waals surface area contributed by atoms with Crippen molar-refractivity contribution in [3.63, 3.8) is 0 Å². The average Bonchev–Trinajstić information content (AvgIpc) is 2.45. The van der Waals surface area contributed by atoms with E-state index in [-0.39, 0.29) is 6.42 Å². The number of aliphatic carboxylic acids is 1. The molecule has 97 valence electrons. The van der Waals surface area contributed by atoms with Gasteiger partial charge in [-0.05, 0) is 23.3 Å². The number of aromatic nitrogens is 1. The Bertz CT molecular complexity index is 541.